The normalized spacial score (nSPS) is 49.6. The molecule has 0 amide bonds. The van der Waals surface area contributed by atoms with Crippen molar-refractivity contribution < 1.29 is 19.7 Å². The first kappa shape index (κ1) is 12.9. The van der Waals surface area contributed by atoms with E-state index < -0.39 is 12.2 Å². The largest absolute Gasteiger partial charge is 0.461 e. The fraction of sp³-hybridized carbons (Fsp3) is 0.667. The molecular weight excluding hydrogens is 244 g/mol. The summed E-state index contributed by atoms with van der Waals surface area (Å²) in [6, 6.07) is 0. The quantitative estimate of drug-likeness (QED) is 0.507. The number of esters is 1. The highest BCUT2D eigenvalue weighted by Crippen LogP contribution is 2.52. The second-order valence-corrected chi connectivity index (χ2v) is 6.16. The Morgan fingerprint density at radius 2 is 2.00 bits per heavy atom. The molecule has 3 rings (SSSR count). The van der Waals surface area contributed by atoms with Gasteiger partial charge < -0.3 is 14.9 Å². The lowest BCUT2D eigenvalue weighted by molar-refractivity contribution is -0.145. The van der Waals surface area contributed by atoms with E-state index in [0.29, 0.717) is 12.8 Å². The first-order valence-electron chi connectivity index (χ1n) is 6.84. The Hall–Kier alpha value is -1.13. The van der Waals surface area contributed by atoms with Gasteiger partial charge in [-0.15, -0.1) is 0 Å². The summed E-state index contributed by atoms with van der Waals surface area (Å²) in [6.07, 6.45) is -0.480. The van der Waals surface area contributed by atoms with E-state index in [0.717, 1.165) is 11.1 Å². The summed E-state index contributed by atoms with van der Waals surface area (Å²) in [5.74, 6) is -0.823. The summed E-state index contributed by atoms with van der Waals surface area (Å²) >= 11 is 0. The van der Waals surface area contributed by atoms with E-state index in [1.54, 1.807) is 6.92 Å². The number of carbonyl (C=O) groups excluding carboxylic acids is 1. The minimum absolute atomic E-state index is 0.0604. The maximum absolute atomic E-state index is 11.8. The summed E-state index contributed by atoms with van der Waals surface area (Å²) in [4.78, 5) is 11.8. The van der Waals surface area contributed by atoms with Crippen LogP contribution in [0.1, 0.15) is 19.8 Å². The van der Waals surface area contributed by atoms with Gasteiger partial charge >= 0.3 is 5.97 Å². The third-order valence-electron chi connectivity index (χ3n) is 5.14. The molecule has 0 aromatic heterocycles. The first-order chi connectivity index (χ1) is 8.91. The Morgan fingerprint density at radius 3 is 2.68 bits per heavy atom. The average molecular weight is 264 g/mol. The van der Waals surface area contributed by atoms with Gasteiger partial charge in [0.05, 0.1) is 18.1 Å². The van der Waals surface area contributed by atoms with Crippen molar-refractivity contribution in [3.63, 3.8) is 0 Å². The number of hydrogen-bond donors (Lipinski definition) is 2. The third kappa shape index (κ3) is 1.70. The second kappa shape index (κ2) is 4.18. The Balaban J connectivity index is 2.03. The Bertz CT molecular complexity index is 455. The molecule has 4 nitrogen and oxygen atoms in total. The van der Waals surface area contributed by atoms with Crippen LogP contribution in [0.3, 0.4) is 0 Å². The summed E-state index contributed by atoms with van der Waals surface area (Å²) in [5.41, 5.74) is 1.66. The lowest BCUT2D eigenvalue weighted by Gasteiger charge is -2.27. The van der Waals surface area contributed by atoms with Gasteiger partial charge in [0.1, 0.15) is 6.10 Å². The molecule has 3 fully saturated rings. The Kier molecular flexibility index (Phi) is 2.84. The first-order valence-corrected chi connectivity index (χ1v) is 6.84. The molecule has 2 aliphatic carbocycles. The number of aliphatic hydroxyl groups excluding tert-OH is 2. The van der Waals surface area contributed by atoms with Crippen LogP contribution >= 0.6 is 0 Å². The van der Waals surface area contributed by atoms with E-state index in [2.05, 4.69) is 13.2 Å². The minimum atomic E-state index is -0.602. The number of fused-ring (bicyclic) bond motifs is 3. The number of ether oxygens (including phenoxy) is 1. The number of rotatable bonds is 0. The van der Waals surface area contributed by atoms with Crippen LogP contribution in [0.2, 0.25) is 0 Å². The minimum Gasteiger partial charge on any atom is -0.461 e. The summed E-state index contributed by atoms with van der Waals surface area (Å²) in [7, 11) is 0. The molecule has 0 bridgehead atoms. The van der Waals surface area contributed by atoms with Crippen molar-refractivity contribution in [2.75, 3.05) is 0 Å². The van der Waals surface area contributed by atoms with Crippen LogP contribution in [0.5, 0.6) is 0 Å². The van der Waals surface area contributed by atoms with Crippen molar-refractivity contribution in [3.8, 4) is 0 Å². The van der Waals surface area contributed by atoms with Crippen molar-refractivity contribution >= 4 is 5.97 Å². The third-order valence-corrected chi connectivity index (χ3v) is 5.14. The standard InChI is InChI=1S/C15H20O4/c1-6-4-11(17)13-8(3)15(18)19-14(13)12-7(2)10(16)5-9(6)12/h8-14,16-17H,1-2,4-5H2,3H3/t8-,9+,10+,11+,12+,13?,14-/m1/s1. The van der Waals surface area contributed by atoms with Crippen LogP contribution in [0.4, 0.5) is 0 Å². The van der Waals surface area contributed by atoms with Crippen LogP contribution in [0.25, 0.3) is 0 Å². The Morgan fingerprint density at radius 1 is 1.32 bits per heavy atom. The molecule has 0 aromatic rings. The average Bonchev–Trinajstić information content (AvgIpc) is 2.75. The van der Waals surface area contributed by atoms with Crippen molar-refractivity contribution in [2.24, 2.45) is 23.7 Å². The maximum Gasteiger partial charge on any atom is 0.309 e. The topological polar surface area (TPSA) is 66.8 Å². The number of carbonyl (C=O) groups is 1. The van der Waals surface area contributed by atoms with E-state index in [1.807, 2.05) is 0 Å². The van der Waals surface area contributed by atoms with Gasteiger partial charge in [0.15, 0.2) is 0 Å². The van der Waals surface area contributed by atoms with Crippen LogP contribution in [-0.4, -0.2) is 34.5 Å². The molecule has 1 heterocycles. The van der Waals surface area contributed by atoms with Crippen molar-refractivity contribution in [2.45, 2.75) is 38.1 Å². The SMILES string of the molecule is C=C1[C@H]2[C@@H](C[C@@H]1O)C(=C)C[C@H](O)C1[C@@H](C)C(=O)O[C@@H]12. The lowest BCUT2D eigenvalue weighted by Crippen LogP contribution is -2.35. The zero-order valence-corrected chi connectivity index (χ0v) is 11.1. The zero-order chi connectivity index (χ0) is 13.9. The molecule has 3 aliphatic rings. The number of hydrogen-bond acceptors (Lipinski definition) is 4. The van der Waals surface area contributed by atoms with E-state index in [1.165, 1.54) is 0 Å². The van der Waals surface area contributed by atoms with Crippen molar-refractivity contribution in [1.82, 2.24) is 0 Å². The highest BCUT2D eigenvalue weighted by atomic mass is 16.6. The maximum atomic E-state index is 11.8. The predicted octanol–water partition coefficient (Wildman–Crippen LogP) is 1.04. The van der Waals surface area contributed by atoms with Crippen LogP contribution in [0, 0.1) is 23.7 Å². The highest BCUT2D eigenvalue weighted by molar-refractivity contribution is 5.75. The Labute approximate surface area is 112 Å². The van der Waals surface area contributed by atoms with Crippen molar-refractivity contribution in [1.29, 1.82) is 0 Å². The van der Waals surface area contributed by atoms with Crippen LogP contribution < -0.4 is 0 Å². The highest BCUT2D eigenvalue weighted by Gasteiger charge is 2.56. The smallest absolute Gasteiger partial charge is 0.309 e. The van der Waals surface area contributed by atoms with Gasteiger partial charge in [-0.25, -0.2) is 0 Å². The van der Waals surface area contributed by atoms with E-state index >= 15 is 0 Å². The molecule has 4 heteroatoms. The predicted molar refractivity (Wildman–Crippen MR) is 69.0 cm³/mol. The van der Waals surface area contributed by atoms with E-state index in [9.17, 15) is 15.0 Å². The molecule has 1 unspecified atom stereocenters. The van der Waals surface area contributed by atoms with Gasteiger partial charge in [0.25, 0.3) is 0 Å². The second-order valence-electron chi connectivity index (χ2n) is 6.16. The monoisotopic (exact) mass is 264 g/mol. The van der Waals surface area contributed by atoms with Crippen molar-refractivity contribution in [3.05, 3.63) is 24.3 Å². The van der Waals surface area contributed by atoms with Gasteiger partial charge in [-0.1, -0.05) is 25.7 Å². The molecule has 19 heavy (non-hydrogen) atoms. The molecule has 0 spiro atoms. The lowest BCUT2D eigenvalue weighted by atomic mass is 9.79. The van der Waals surface area contributed by atoms with Gasteiger partial charge in [-0.3, -0.25) is 4.79 Å². The van der Waals surface area contributed by atoms with E-state index in [-0.39, 0.29) is 35.7 Å². The van der Waals surface area contributed by atoms with Crippen LogP contribution in [-0.2, 0) is 9.53 Å². The number of aliphatic hydroxyl groups is 2. The van der Waals surface area contributed by atoms with Gasteiger partial charge in [0.2, 0.25) is 0 Å². The fourth-order valence-corrected chi connectivity index (χ4v) is 4.06. The molecule has 0 radical (unpaired) electrons. The zero-order valence-electron chi connectivity index (χ0n) is 11.1. The molecule has 7 atom stereocenters. The fourth-order valence-electron chi connectivity index (χ4n) is 4.06. The van der Waals surface area contributed by atoms with Crippen LogP contribution in [0.15, 0.2) is 24.3 Å². The summed E-state index contributed by atoms with van der Waals surface area (Å²) < 4.78 is 5.50. The molecule has 0 aromatic carbocycles. The summed E-state index contributed by atoms with van der Waals surface area (Å²) in [6.45, 7) is 9.82. The van der Waals surface area contributed by atoms with Gasteiger partial charge in [0, 0.05) is 11.8 Å². The molecule has 1 aliphatic heterocycles. The molecule has 1 saturated heterocycles. The molecule has 2 saturated carbocycles. The van der Waals surface area contributed by atoms with Gasteiger partial charge in [-0.2, -0.15) is 0 Å². The van der Waals surface area contributed by atoms with Gasteiger partial charge in [-0.05, 0) is 24.3 Å². The summed E-state index contributed by atoms with van der Waals surface area (Å²) in [5, 5.41) is 20.4. The molecule has 104 valence electrons. The van der Waals surface area contributed by atoms with E-state index in [4.69, 9.17) is 4.74 Å². The molecular formula is C15H20O4. The molecule has 2 N–H and O–H groups in total.